The zero-order chi connectivity index (χ0) is 14.4. The normalized spacial score (nSPS) is 12.2. The van der Waals surface area contributed by atoms with Crippen LogP contribution in [0.3, 0.4) is 0 Å². The van der Waals surface area contributed by atoms with E-state index in [9.17, 15) is 0 Å². The van der Waals surface area contributed by atoms with Gasteiger partial charge in [0.1, 0.15) is 0 Å². The van der Waals surface area contributed by atoms with Crippen molar-refractivity contribution in [3.8, 4) is 0 Å². The summed E-state index contributed by atoms with van der Waals surface area (Å²) in [7, 11) is 0. The Hall–Kier alpha value is -1.51. The molecule has 2 nitrogen and oxygen atoms in total. The van der Waals surface area contributed by atoms with Gasteiger partial charge in [-0.15, -0.1) is 0 Å². The van der Waals surface area contributed by atoms with Crippen LogP contribution in [0.5, 0.6) is 0 Å². The van der Waals surface area contributed by atoms with Crippen molar-refractivity contribution < 1.29 is 5.11 Å². The first kappa shape index (κ1) is 14.9. The lowest BCUT2D eigenvalue weighted by molar-refractivity contribution is 0.299. The summed E-state index contributed by atoms with van der Waals surface area (Å²) in [6.45, 7) is 2.36. The Labute approximate surface area is 125 Å². The molecule has 0 saturated heterocycles. The van der Waals surface area contributed by atoms with E-state index in [0.717, 1.165) is 22.7 Å². The first-order chi connectivity index (χ1) is 9.67. The molecule has 0 aliphatic heterocycles. The lowest BCUT2D eigenvalue weighted by Crippen LogP contribution is -2.17. The number of hydrogen-bond donors (Lipinski definition) is 2. The lowest BCUT2D eigenvalue weighted by atomic mass is 10.1. The zero-order valence-corrected chi connectivity index (χ0v) is 12.4. The molecule has 3 heteroatoms. The monoisotopic (exact) mass is 289 g/mol. The van der Waals surface area contributed by atoms with Gasteiger partial charge in [-0.1, -0.05) is 35.9 Å². The van der Waals surface area contributed by atoms with Crippen LogP contribution >= 0.6 is 11.6 Å². The van der Waals surface area contributed by atoms with E-state index < -0.39 is 0 Å². The first-order valence-corrected chi connectivity index (χ1v) is 7.26. The average molecular weight is 290 g/mol. The predicted molar refractivity (Wildman–Crippen MR) is 85.5 cm³/mol. The molecule has 0 aliphatic carbocycles. The van der Waals surface area contributed by atoms with Crippen LogP contribution in [-0.2, 0) is 12.8 Å². The Kier molecular flexibility index (Phi) is 5.45. The molecular formula is C17H20ClNO. The Balaban J connectivity index is 1.90. The number of aliphatic hydroxyl groups excluding tert-OH is 1. The van der Waals surface area contributed by atoms with Crippen LogP contribution in [0.15, 0.2) is 48.5 Å². The molecule has 106 valence electrons. The third-order valence-corrected chi connectivity index (χ3v) is 3.47. The number of halogens is 1. The first-order valence-electron chi connectivity index (χ1n) is 6.88. The molecule has 0 saturated carbocycles. The maximum atomic E-state index is 8.89. The SMILES string of the molecule is CC(Cc1ccc(Cl)cc1)Nc1ccc(CCO)cc1. The van der Waals surface area contributed by atoms with Crippen molar-refractivity contribution in [3.05, 3.63) is 64.7 Å². The van der Waals surface area contributed by atoms with E-state index in [1.807, 2.05) is 24.3 Å². The summed E-state index contributed by atoms with van der Waals surface area (Å²) in [5.74, 6) is 0. The van der Waals surface area contributed by atoms with E-state index in [1.54, 1.807) is 0 Å². The fraction of sp³-hybridized carbons (Fsp3) is 0.294. The average Bonchev–Trinajstić information content (AvgIpc) is 2.44. The Morgan fingerprint density at radius 2 is 1.60 bits per heavy atom. The van der Waals surface area contributed by atoms with Crippen LogP contribution in [0.1, 0.15) is 18.1 Å². The van der Waals surface area contributed by atoms with Crippen molar-refractivity contribution in [2.75, 3.05) is 11.9 Å². The highest BCUT2D eigenvalue weighted by molar-refractivity contribution is 6.30. The summed E-state index contributed by atoms with van der Waals surface area (Å²) in [6, 6.07) is 16.5. The van der Waals surface area contributed by atoms with Gasteiger partial charge in [-0.3, -0.25) is 0 Å². The van der Waals surface area contributed by atoms with Crippen LogP contribution in [0.2, 0.25) is 5.02 Å². The summed E-state index contributed by atoms with van der Waals surface area (Å²) in [5, 5.41) is 13.1. The van der Waals surface area contributed by atoms with Crippen LogP contribution in [0.4, 0.5) is 5.69 Å². The minimum Gasteiger partial charge on any atom is -0.396 e. The van der Waals surface area contributed by atoms with Gasteiger partial charge in [-0.25, -0.2) is 0 Å². The number of aliphatic hydroxyl groups is 1. The van der Waals surface area contributed by atoms with Gasteiger partial charge in [-0.05, 0) is 55.2 Å². The van der Waals surface area contributed by atoms with Gasteiger partial charge in [-0.2, -0.15) is 0 Å². The van der Waals surface area contributed by atoms with Gasteiger partial charge < -0.3 is 10.4 Å². The molecule has 0 spiro atoms. The second kappa shape index (κ2) is 7.32. The quantitative estimate of drug-likeness (QED) is 0.845. The molecule has 0 heterocycles. The molecular weight excluding hydrogens is 270 g/mol. The van der Waals surface area contributed by atoms with Gasteiger partial charge in [0.05, 0.1) is 0 Å². The van der Waals surface area contributed by atoms with Crippen molar-refractivity contribution in [3.63, 3.8) is 0 Å². The summed E-state index contributed by atoms with van der Waals surface area (Å²) < 4.78 is 0. The van der Waals surface area contributed by atoms with Gasteiger partial charge in [0.2, 0.25) is 0 Å². The van der Waals surface area contributed by atoms with Gasteiger partial charge >= 0.3 is 0 Å². The summed E-state index contributed by atoms with van der Waals surface area (Å²) >= 11 is 5.89. The Morgan fingerprint density at radius 3 is 2.20 bits per heavy atom. The van der Waals surface area contributed by atoms with Gasteiger partial charge in [0.25, 0.3) is 0 Å². The molecule has 2 aromatic carbocycles. The number of nitrogens with one attached hydrogen (secondary N) is 1. The molecule has 2 N–H and O–H groups in total. The highest BCUT2D eigenvalue weighted by Crippen LogP contribution is 2.15. The van der Waals surface area contributed by atoms with E-state index in [0.29, 0.717) is 12.5 Å². The molecule has 2 rings (SSSR count). The lowest BCUT2D eigenvalue weighted by Gasteiger charge is -2.15. The molecule has 2 aromatic rings. The molecule has 0 amide bonds. The van der Waals surface area contributed by atoms with Crippen molar-refractivity contribution >= 4 is 17.3 Å². The minimum atomic E-state index is 0.194. The van der Waals surface area contributed by atoms with Crippen molar-refractivity contribution in [2.24, 2.45) is 0 Å². The van der Waals surface area contributed by atoms with Crippen LogP contribution in [0, 0.1) is 0 Å². The molecule has 0 bridgehead atoms. The van der Waals surface area contributed by atoms with Crippen molar-refractivity contribution in [2.45, 2.75) is 25.8 Å². The molecule has 0 aromatic heterocycles. The molecule has 0 radical (unpaired) electrons. The zero-order valence-electron chi connectivity index (χ0n) is 11.6. The van der Waals surface area contributed by atoms with Gasteiger partial charge in [0.15, 0.2) is 0 Å². The second-order valence-electron chi connectivity index (χ2n) is 5.05. The summed E-state index contributed by atoms with van der Waals surface area (Å²) in [6.07, 6.45) is 1.66. The third kappa shape index (κ3) is 4.55. The second-order valence-corrected chi connectivity index (χ2v) is 5.48. The van der Waals surface area contributed by atoms with Crippen LogP contribution < -0.4 is 5.32 Å². The topological polar surface area (TPSA) is 32.3 Å². The molecule has 0 fully saturated rings. The van der Waals surface area contributed by atoms with Crippen molar-refractivity contribution in [1.82, 2.24) is 0 Å². The fourth-order valence-electron chi connectivity index (χ4n) is 2.21. The molecule has 0 aliphatic rings. The van der Waals surface area contributed by atoms with E-state index in [1.165, 1.54) is 5.56 Å². The Morgan fingerprint density at radius 1 is 1.00 bits per heavy atom. The maximum Gasteiger partial charge on any atom is 0.0471 e. The van der Waals surface area contributed by atoms with Crippen LogP contribution in [-0.4, -0.2) is 17.8 Å². The van der Waals surface area contributed by atoms with Crippen molar-refractivity contribution in [1.29, 1.82) is 0 Å². The Bertz CT molecular complexity index is 522. The van der Waals surface area contributed by atoms with E-state index in [-0.39, 0.29) is 6.61 Å². The number of benzene rings is 2. The number of hydrogen-bond acceptors (Lipinski definition) is 2. The maximum absolute atomic E-state index is 8.89. The smallest absolute Gasteiger partial charge is 0.0471 e. The van der Waals surface area contributed by atoms with E-state index in [2.05, 4.69) is 36.5 Å². The highest BCUT2D eigenvalue weighted by atomic mass is 35.5. The number of anilines is 1. The standard InChI is InChI=1S/C17H20ClNO/c1-13(12-15-2-6-16(18)7-3-15)19-17-8-4-14(5-9-17)10-11-20/h2-9,13,19-20H,10-12H2,1H3. The van der Waals surface area contributed by atoms with E-state index in [4.69, 9.17) is 16.7 Å². The minimum absolute atomic E-state index is 0.194. The fourth-order valence-corrected chi connectivity index (χ4v) is 2.33. The third-order valence-electron chi connectivity index (χ3n) is 3.22. The predicted octanol–water partition coefficient (Wildman–Crippen LogP) is 3.92. The summed E-state index contributed by atoms with van der Waals surface area (Å²) in [5.41, 5.74) is 3.53. The molecule has 1 unspecified atom stereocenters. The summed E-state index contributed by atoms with van der Waals surface area (Å²) in [4.78, 5) is 0. The molecule has 20 heavy (non-hydrogen) atoms. The van der Waals surface area contributed by atoms with Gasteiger partial charge in [0, 0.05) is 23.4 Å². The van der Waals surface area contributed by atoms with E-state index >= 15 is 0 Å². The highest BCUT2D eigenvalue weighted by Gasteiger charge is 2.04. The molecule has 1 atom stereocenters. The number of rotatable bonds is 6. The van der Waals surface area contributed by atoms with Crippen LogP contribution in [0.25, 0.3) is 0 Å². The largest absolute Gasteiger partial charge is 0.396 e.